The molecule has 39 heavy (non-hydrogen) atoms. The summed E-state index contributed by atoms with van der Waals surface area (Å²) in [5.74, 6) is 0.220. The molecule has 1 nitrogen and oxygen atoms in total. The molecule has 1 unspecified atom stereocenters. The van der Waals surface area contributed by atoms with Crippen molar-refractivity contribution >= 4 is 50.3 Å². The summed E-state index contributed by atoms with van der Waals surface area (Å²) in [4.78, 5) is 2.37. The lowest BCUT2D eigenvalue weighted by molar-refractivity contribution is 1.09. The van der Waals surface area contributed by atoms with E-state index >= 15 is 0 Å². The second-order valence-electron chi connectivity index (χ2n) is 10.5. The molecule has 0 amide bonds. The van der Waals surface area contributed by atoms with Gasteiger partial charge in [0.25, 0.3) is 0 Å². The van der Waals surface area contributed by atoms with Gasteiger partial charge in [-0.15, -0.1) is 0 Å². The maximum absolute atomic E-state index is 2.47. The van der Waals surface area contributed by atoms with Crippen LogP contribution in [0.25, 0.3) is 33.2 Å². The second-order valence-corrected chi connectivity index (χ2v) is 10.5. The number of benzene rings is 6. The van der Waals surface area contributed by atoms with E-state index < -0.39 is 0 Å². The minimum atomic E-state index is 0.220. The molecule has 0 heterocycles. The Balaban J connectivity index is 1.32. The SMILES string of the molecule is C1=CC(c2cccc3c(N(c4ccccc4)c4ccccc4)cccc23)C2=CCc3cccc4ccc1c2c34. The average molecular weight is 498 g/mol. The molecule has 0 aliphatic heterocycles. The molecule has 8 rings (SSSR count). The molecule has 0 saturated carbocycles. The van der Waals surface area contributed by atoms with Gasteiger partial charge in [0.05, 0.1) is 5.69 Å². The van der Waals surface area contributed by atoms with Gasteiger partial charge in [-0.25, -0.2) is 0 Å². The van der Waals surface area contributed by atoms with Crippen LogP contribution in [0.1, 0.15) is 28.2 Å². The minimum absolute atomic E-state index is 0.220. The highest BCUT2D eigenvalue weighted by molar-refractivity contribution is 6.06. The van der Waals surface area contributed by atoms with E-state index in [4.69, 9.17) is 0 Å². The van der Waals surface area contributed by atoms with E-state index in [1.54, 1.807) is 0 Å². The molecule has 1 atom stereocenters. The summed E-state index contributed by atoms with van der Waals surface area (Å²) >= 11 is 0. The largest absolute Gasteiger partial charge is 0.310 e. The predicted molar refractivity (Wildman–Crippen MR) is 166 cm³/mol. The number of fused-ring (bicyclic) bond motifs is 1. The molecule has 1 heteroatoms. The third kappa shape index (κ3) is 3.47. The first kappa shape index (κ1) is 22.1. The van der Waals surface area contributed by atoms with Crippen molar-refractivity contribution in [3.63, 3.8) is 0 Å². The smallest absolute Gasteiger partial charge is 0.0540 e. The van der Waals surface area contributed by atoms with Crippen LogP contribution >= 0.6 is 0 Å². The van der Waals surface area contributed by atoms with Crippen molar-refractivity contribution < 1.29 is 0 Å². The van der Waals surface area contributed by atoms with E-state index in [0.717, 1.165) is 17.8 Å². The maximum atomic E-state index is 2.47. The minimum Gasteiger partial charge on any atom is -0.310 e. The predicted octanol–water partition coefficient (Wildman–Crippen LogP) is 10.2. The zero-order chi connectivity index (χ0) is 25.8. The zero-order valence-corrected chi connectivity index (χ0v) is 21.6. The topological polar surface area (TPSA) is 3.24 Å². The molecule has 6 aromatic carbocycles. The van der Waals surface area contributed by atoms with Gasteiger partial charge in [-0.1, -0.05) is 115 Å². The summed E-state index contributed by atoms with van der Waals surface area (Å²) < 4.78 is 0. The summed E-state index contributed by atoms with van der Waals surface area (Å²) in [7, 11) is 0. The fourth-order valence-corrected chi connectivity index (χ4v) is 6.64. The van der Waals surface area contributed by atoms with Gasteiger partial charge in [0.2, 0.25) is 0 Å². The van der Waals surface area contributed by atoms with Crippen LogP contribution in [-0.2, 0) is 6.42 Å². The van der Waals surface area contributed by atoms with Crippen molar-refractivity contribution in [1.82, 2.24) is 0 Å². The summed E-state index contributed by atoms with van der Waals surface area (Å²) in [6.45, 7) is 0. The van der Waals surface area contributed by atoms with Crippen LogP contribution < -0.4 is 4.90 Å². The Morgan fingerprint density at radius 1 is 0.590 bits per heavy atom. The first-order chi connectivity index (χ1) is 19.4. The Morgan fingerprint density at radius 2 is 1.31 bits per heavy atom. The number of anilines is 3. The van der Waals surface area contributed by atoms with Gasteiger partial charge < -0.3 is 4.90 Å². The molecule has 2 aliphatic carbocycles. The Hall–Kier alpha value is -4.88. The van der Waals surface area contributed by atoms with Crippen molar-refractivity contribution in [3.05, 3.63) is 162 Å². The van der Waals surface area contributed by atoms with Gasteiger partial charge in [0, 0.05) is 22.7 Å². The molecule has 6 aromatic rings. The lowest BCUT2D eigenvalue weighted by Gasteiger charge is -2.31. The Bertz CT molecular complexity index is 1890. The summed E-state index contributed by atoms with van der Waals surface area (Å²) in [6, 6.07) is 46.2. The molecule has 0 N–H and O–H groups in total. The number of para-hydroxylation sites is 2. The van der Waals surface area contributed by atoms with Gasteiger partial charge in [-0.2, -0.15) is 0 Å². The normalized spacial score (nSPS) is 15.4. The monoisotopic (exact) mass is 497 g/mol. The third-order valence-corrected chi connectivity index (χ3v) is 8.34. The van der Waals surface area contributed by atoms with E-state index in [1.165, 1.54) is 55.1 Å². The van der Waals surface area contributed by atoms with E-state index in [9.17, 15) is 0 Å². The van der Waals surface area contributed by atoms with Gasteiger partial charge in [-0.05, 0) is 80.7 Å². The van der Waals surface area contributed by atoms with Crippen LogP contribution in [0, 0.1) is 0 Å². The number of allylic oxidation sites excluding steroid dienone is 3. The van der Waals surface area contributed by atoms with Gasteiger partial charge >= 0.3 is 0 Å². The highest BCUT2D eigenvalue weighted by atomic mass is 15.1. The standard InChI is InChI=1S/C38H27N/c1-3-12-29(13-4-1)39(30-14-5-2-6-15-30)36-19-9-17-32-31(16-8-18-34(32)36)33-24-22-28-21-20-26-10-7-11-27-23-25-35(33)38(28)37(26)27/h1-22,24-25,33H,23H2. The molecule has 0 radical (unpaired) electrons. The fraction of sp³-hybridized carbons (Fsp3) is 0.0526. The van der Waals surface area contributed by atoms with Crippen LogP contribution in [0.2, 0.25) is 0 Å². The first-order valence-electron chi connectivity index (χ1n) is 13.7. The first-order valence-corrected chi connectivity index (χ1v) is 13.7. The summed E-state index contributed by atoms with van der Waals surface area (Å²) in [6.07, 6.45) is 8.19. The quantitative estimate of drug-likeness (QED) is 0.234. The number of nitrogens with zero attached hydrogens (tertiary/aromatic N) is 1. The van der Waals surface area contributed by atoms with Crippen molar-refractivity contribution in [2.45, 2.75) is 12.3 Å². The van der Waals surface area contributed by atoms with E-state index in [1.807, 2.05) is 0 Å². The molecule has 0 bridgehead atoms. The molecule has 0 saturated heterocycles. The Kier molecular flexibility index (Phi) is 5.03. The number of rotatable bonds is 4. The van der Waals surface area contributed by atoms with Crippen LogP contribution in [0.5, 0.6) is 0 Å². The third-order valence-electron chi connectivity index (χ3n) is 8.34. The lowest BCUT2D eigenvalue weighted by Crippen LogP contribution is -2.12. The van der Waals surface area contributed by atoms with Crippen molar-refractivity contribution in [2.24, 2.45) is 0 Å². The van der Waals surface area contributed by atoms with Crippen LogP contribution in [0.15, 0.2) is 140 Å². The maximum Gasteiger partial charge on any atom is 0.0540 e. The average Bonchev–Trinajstić information content (AvgIpc) is 3.01. The van der Waals surface area contributed by atoms with Gasteiger partial charge in [0.1, 0.15) is 0 Å². The molecule has 0 spiro atoms. The fourth-order valence-electron chi connectivity index (χ4n) is 6.64. The van der Waals surface area contributed by atoms with Crippen LogP contribution in [-0.4, -0.2) is 0 Å². The Labute approximate surface area is 229 Å². The molecule has 0 fully saturated rings. The van der Waals surface area contributed by atoms with Crippen LogP contribution in [0.3, 0.4) is 0 Å². The van der Waals surface area contributed by atoms with Gasteiger partial charge in [-0.3, -0.25) is 0 Å². The van der Waals surface area contributed by atoms with E-state index in [0.29, 0.717) is 0 Å². The van der Waals surface area contributed by atoms with E-state index in [2.05, 4.69) is 151 Å². The highest BCUT2D eigenvalue weighted by Crippen LogP contribution is 2.48. The van der Waals surface area contributed by atoms with Crippen molar-refractivity contribution in [3.8, 4) is 0 Å². The number of hydrogen-bond acceptors (Lipinski definition) is 1. The number of hydrogen-bond donors (Lipinski definition) is 0. The molecule has 184 valence electrons. The summed E-state index contributed by atoms with van der Waals surface area (Å²) in [5, 5.41) is 5.34. The molecule has 0 aromatic heterocycles. The molecule has 2 aliphatic rings. The zero-order valence-electron chi connectivity index (χ0n) is 21.6. The Morgan fingerprint density at radius 3 is 2.10 bits per heavy atom. The lowest BCUT2D eigenvalue weighted by atomic mass is 9.74. The van der Waals surface area contributed by atoms with Gasteiger partial charge in [0.15, 0.2) is 0 Å². The second kappa shape index (κ2) is 8.85. The van der Waals surface area contributed by atoms with Crippen molar-refractivity contribution in [2.75, 3.05) is 4.90 Å². The molecular weight excluding hydrogens is 470 g/mol. The highest BCUT2D eigenvalue weighted by Gasteiger charge is 2.28. The summed E-state index contributed by atoms with van der Waals surface area (Å²) in [5.41, 5.74) is 10.5. The van der Waals surface area contributed by atoms with Crippen LogP contribution in [0.4, 0.5) is 17.1 Å². The van der Waals surface area contributed by atoms with E-state index in [-0.39, 0.29) is 5.92 Å². The van der Waals surface area contributed by atoms with Crippen molar-refractivity contribution in [1.29, 1.82) is 0 Å². The molecular formula is C38H27N.